The van der Waals surface area contributed by atoms with Crippen molar-refractivity contribution in [1.82, 2.24) is 0 Å². The number of non-ortho nitro benzene ring substituents is 1. The van der Waals surface area contributed by atoms with Crippen molar-refractivity contribution in [2.75, 3.05) is 5.73 Å². The van der Waals surface area contributed by atoms with Gasteiger partial charge in [-0.2, -0.15) is 0 Å². The Morgan fingerprint density at radius 3 is 2.25 bits per heavy atom. The standard InChI is InChI=1S/C19H16N2O3/c20-18-11-10-17(21(22)23)12-19(18)24-13-14-6-8-16(9-7-14)15-4-2-1-3-5-15/h1-12H,13,20H2. The zero-order valence-electron chi connectivity index (χ0n) is 12.9. The van der Waals surface area contributed by atoms with E-state index in [1.807, 2.05) is 42.5 Å². The van der Waals surface area contributed by atoms with E-state index in [4.69, 9.17) is 10.5 Å². The minimum atomic E-state index is -0.471. The van der Waals surface area contributed by atoms with E-state index in [-0.39, 0.29) is 5.69 Å². The SMILES string of the molecule is Nc1ccc([N+](=O)[O-])cc1OCc1ccc(-c2ccccc2)cc1. The molecule has 0 heterocycles. The van der Waals surface area contributed by atoms with Crippen molar-refractivity contribution < 1.29 is 9.66 Å². The molecule has 0 unspecified atom stereocenters. The van der Waals surface area contributed by atoms with Gasteiger partial charge >= 0.3 is 0 Å². The predicted octanol–water partition coefficient (Wildman–Crippen LogP) is 4.42. The summed E-state index contributed by atoms with van der Waals surface area (Å²) >= 11 is 0. The average molecular weight is 320 g/mol. The molecule has 0 saturated carbocycles. The fraction of sp³-hybridized carbons (Fsp3) is 0.0526. The number of nitrogen functional groups attached to an aromatic ring is 1. The average Bonchev–Trinajstić information content (AvgIpc) is 2.62. The lowest BCUT2D eigenvalue weighted by Crippen LogP contribution is -2.00. The number of nitrogens with zero attached hydrogens (tertiary/aromatic N) is 1. The molecule has 0 aliphatic rings. The van der Waals surface area contributed by atoms with E-state index in [1.54, 1.807) is 0 Å². The van der Waals surface area contributed by atoms with Gasteiger partial charge in [0, 0.05) is 6.07 Å². The monoisotopic (exact) mass is 320 g/mol. The Bertz CT molecular complexity index is 846. The molecule has 3 aromatic rings. The molecule has 0 aliphatic heterocycles. The third-order valence-electron chi connectivity index (χ3n) is 3.66. The molecule has 3 rings (SSSR count). The molecule has 24 heavy (non-hydrogen) atoms. The van der Waals surface area contributed by atoms with Gasteiger partial charge in [-0.1, -0.05) is 54.6 Å². The molecule has 0 bridgehead atoms. The first kappa shape index (κ1) is 15.6. The van der Waals surface area contributed by atoms with Gasteiger partial charge in [0.15, 0.2) is 0 Å². The molecule has 5 heteroatoms. The maximum atomic E-state index is 10.8. The predicted molar refractivity (Wildman–Crippen MR) is 93.7 cm³/mol. The summed E-state index contributed by atoms with van der Waals surface area (Å²) in [7, 11) is 0. The maximum absolute atomic E-state index is 10.8. The van der Waals surface area contributed by atoms with Crippen LogP contribution in [0.3, 0.4) is 0 Å². The number of nitro benzene ring substituents is 1. The second-order valence-electron chi connectivity index (χ2n) is 5.33. The van der Waals surface area contributed by atoms with Crippen LogP contribution in [0.1, 0.15) is 5.56 Å². The van der Waals surface area contributed by atoms with Gasteiger partial charge in [0.2, 0.25) is 0 Å². The Hall–Kier alpha value is -3.34. The van der Waals surface area contributed by atoms with Gasteiger partial charge in [0.25, 0.3) is 5.69 Å². The van der Waals surface area contributed by atoms with Crippen LogP contribution in [0.5, 0.6) is 5.75 Å². The Kier molecular flexibility index (Phi) is 4.43. The summed E-state index contributed by atoms with van der Waals surface area (Å²) in [6.45, 7) is 0.292. The molecular weight excluding hydrogens is 304 g/mol. The number of hydrogen-bond acceptors (Lipinski definition) is 4. The van der Waals surface area contributed by atoms with Crippen molar-refractivity contribution in [2.45, 2.75) is 6.61 Å². The molecule has 0 aromatic heterocycles. The number of benzene rings is 3. The number of ether oxygens (including phenoxy) is 1. The molecule has 0 radical (unpaired) electrons. The van der Waals surface area contributed by atoms with Crippen molar-refractivity contribution in [2.24, 2.45) is 0 Å². The Balaban J connectivity index is 1.71. The number of nitro groups is 1. The zero-order valence-corrected chi connectivity index (χ0v) is 12.9. The summed E-state index contributed by atoms with van der Waals surface area (Å²) in [4.78, 5) is 10.3. The first-order valence-electron chi connectivity index (χ1n) is 7.44. The summed E-state index contributed by atoms with van der Waals surface area (Å²) in [5, 5.41) is 10.8. The highest BCUT2D eigenvalue weighted by Crippen LogP contribution is 2.27. The fourth-order valence-electron chi connectivity index (χ4n) is 2.35. The number of nitrogens with two attached hydrogens (primary N) is 1. The normalized spacial score (nSPS) is 10.3. The van der Waals surface area contributed by atoms with E-state index in [0.29, 0.717) is 18.0 Å². The zero-order chi connectivity index (χ0) is 16.9. The van der Waals surface area contributed by atoms with Crippen LogP contribution >= 0.6 is 0 Å². The highest BCUT2D eigenvalue weighted by Gasteiger charge is 2.10. The van der Waals surface area contributed by atoms with Crippen molar-refractivity contribution in [1.29, 1.82) is 0 Å². The summed E-state index contributed by atoms with van der Waals surface area (Å²) in [5.74, 6) is 0.316. The van der Waals surface area contributed by atoms with Gasteiger partial charge in [0.1, 0.15) is 12.4 Å². The quantitative estimate of drug-likeness (QED) is 0.429. The molecule has 3 aromatic carbocycles. The third kappa shape index (κ3) is 3.52. The molecule has 120 valence electrons. The van der Waals surface area contributed by atoms with E-state index in [9.17, 15) is 10.1 Å². The molecule has 0 aliphatic carbocycles. The second-order valence-corrected chi connectivity index (χ2v) is 5.33. The van der Waals surface area contributed by atoms with E-state index in [0.717, 1.165) is 16.7 Å². The van der Waals surface area contributed by atoms with E-state index in [1.165, 1.54) is 18.2 Å². The summed E-state index contributed by atoms with van der Waals surface area (Å²) in [6, 6.07) is 22.2. The molecule has 0 saturated heterocycles. The largest absolute Gasteiger partial charge is 0.486 e. The van der Waals surface area contributed by atoms with Gasteiger partial charge in [0.05, 0.1) is 16.7 Å². The Labute approximate surface area is 139 Å². The van der Waals surface area contributed by atoms with E-state index in [2.05, 4.69) is 12.1 Å². The van der Waals surface area contributed by atoms with Crippen molar-refractivity contribution >= 4 is 11.4 Å². The lowest BCUT2D eigenvalue weighted by atomic mass is 10.0. The van der Waals surface area contributed by atoms with Gasteiger partial charge < -0.3 is 10.5 Å². The Morgan fingerprint density at radius 2 is 1.58 bits per heavy atom. The van der Waals surface area contributed by atoms with Gasteiger partial charge in [-0.25, -0.2) is 0 Å². The lowest BCUT2D eigenvalue weighted by molar-refractivity contribution is -0.384. The van der Waals surface area contributed by atoms with Crippen LogP contribution in [0.25, 0.3) is 11.1 Å². The molecule has 0 amide bonds. The molecule has 0 spiro atoms. The first-order chi connectivity index (χ1) is 11.6. The minimum absolute atomic E-state index is 0.0429. The van der Waals surface area contributed by atoms with Crippen LogP contribution in [-0.2, 0) is 6.61 Å². The van der Waals surface area contributed by atoms with Crippen molar-refractivity contribution in [3.05, 3.63) is 88.5 Å². The van der Waals surface area contributed by atoms with Gasteiger partial charge in [-0.05, 0) is 22.8 Å². The summed E-state index contributed by atoms with van der Waals surface area (Å²) in [5.41, 5.74) is 9.36. The van der Waals surface area contributed by atoms with Gasteiger partial charge in [-0.15, -0.1) is 0 Å². The van der Waals surface area contributed by atoms with Crippen molar-refractivity contribution in [3.8, 4) is 16.9 Å². The van der Waals surface area contributed by atoms with E-state index >= 15 is 0 Å². The number of hydrogen-bond donors (Lipinski definition) is 1. The molecule has 2 N–H and O–H groups in total. The highest BCUT2D eigenvalue weighted by atomic mass is 16.6. The van der Waals surface area contributed by atoms with Crippen LogP contribution in [0.15, 0.2) is 72.8 Å². The topological polar surface area (TPSA) is 78.4 Å². The Morgan fingerprint density at radius 1 is 0.917 bits per heavy atom. The number of rotatable bonds is 5. The van der Waals surface area contributed by atoms with Gasteiger partial charge in [-0.3, -0.25) is 10.1 Å². The number of anilines is 1. The van der Waals surface area contributed by atoms with Crippen LogP contribution in [0.4, 0.5) is 11.4 Å². The van der Waals surface area contributed by atoms with Crippen LogP contribution in [0, 0.1) is 10.1 Å². The first-order valence-corrected chi connectivity index (χ1v) is 7.44. The molecular formula is C19H16N2O3. The van der Waals surface area contributed by atoms with Crippen molar-refractivity contribution in [3.63, 3.8) is 0 Å². The molecule has 0 fully saturated rings. The minimum Gasteiger partial charge on any atom is -0.486 e. The fourth-order valence-corrected chi connectivity index (χ4v) is 2.35. The summed E-state index contributed by atoms with van der Waals surface area (Å²) in [6.07, 6.45) is 0. The second kappa shape index (κ2) is 6.83. The molecule has 0 atom stereocenters. The third-order valence-corrected chi connectivity index (χ3v) is 3.66. The van der Waals surface area contributed by atoms with Crippen LogP contribution in [-0.4, -0.2) is 4.92 Å². The van der Waals surface area contributed by atoms with E-state index < -0.39 is 4.92 Å². The highest BCUT2D eigenvalue weighted by molar-refractivity contribution is 5.63. The van der Waals surface area contributed by atoms with Crippen LogP contribution < -0.4 is 10.5 Å². The maximum Gasteiger partial charge on any atom is 0.273 e. The smallest absolute Gasteiger partial charge is 0.273 e. The van der Waals surface area contributed by atoms with Crippen LogP contribution in [0.2, 0.25) is 0 Å². The summed E-state index contributed by atoms with van der Waals surface area (Å²) < 4.78 is 5.63. The molecule has 5 nitrogen and oxygen atoms in total. The lowest BCUT2D eigenvalue weighted by Gasteiger charge is -2.09.